The van der Waals surface area contributed by atoms with Crippen LogP contribution in [0.3, 0.4) is 0 Å². The largest absolute Gasteiger partial charge is 0.490 e. The molecule has 0 atom stereocenters. The van der Waals surface area contributed by atoms with Gasteiger partial charge in [-0.25, -0.2) is 14.3 Å². The normalized spacial score (nSPS) is 11.8. The average molecular weight is 244 g/mol. The van der Waals surface area contributed by atoms with Crippen LogP contribution in [-0.2, 0) is 11.0 Å². The number of carbonyl (C=O) groups excluding carboxylic acids is 1. The maximum Gasteiger partial charge on any atom is 0.490 e. The first kappa shape index (κ1) is 11.4. The second kappa shape index (κ2) is 3.76. The van der Waals surface area contributed by atoms with Gasteiger partial charge in [-0.2, -0.15) is 0 Å². The van der Waals surface area contributed by atoms with Crippen molar-refractivity contribution in [3.8, 4) is 0 Å². The number of imidazole rings is 1. The van der Waals surface area contributed by atoms with Crippen molar-refractivity contribution in [1.29, 1.82) is 0 Å². The quantitative estimate of drug-likeness (QED) is 0.723. The summed E-state index contributed by atoms with van der Waals surface area (Å²) in [5.41, 5.74) is -0.0920. The smallest absolute Gasteiger partial charge is 0.463 e. The highest BCUT2D eigenvalue weighted by atomic mass is 19.4. The zero-order valence-electron chi connectivity index (χ0n) is 8.65. The molecule has 4 nitrogen and oxygen atoms in total. The first-order valence-corrected chi connectivity index (χ1v) is 4.58. The Morgan fingerprint density at radius 3 is 2.59 bits per heavy atom. The first-order chi connectivity index (χ1) is 7.95. The van der Waals surface area contributed by atoms with Gasteiger partial charge in [0.1, 0.15) is 0 Å². The SMILES string of the molecule is COC(=O)c1nc2ccccc2n1C(F)(F)F. The number of hydrogen-bond acceptors (Lipinski definition) is 3. The predicted molar refractivity (Wildman–Crippen MR) is 52.4 cm³/mol. The van der Waals surface area contributed by atoms with Gasteiger partial charge in [-0.15, -0.1) is 13.2 Å². The number of halogens is 3. The third-order valence-corrected chi connectivity index (χ3v) is 2.18. The van der Waals surface area contributed by atoms with Gasteiger partial charge in [0.05, 0.1) is 18.1 Å². The van der Waals surface area contributed by atoms with Gasteiger partial charge in [-0.05, 0) is 12.1 Å². The highest BCUT2D eigenvalue weighted by Gasteiger charge is 2.37. The molecule has 0 aliphatic carbocycles. The second-order valence-electron chi connectivity index (χ2n) is 3.22. The number of aromatic nitrogens is 2. The zero-order valence-corrected chi connectivity index (χ0v) is 8.65. The van der Waals surface area contributed by atoms with Crippen LogP contribution in [0.4, 0.5) is 13.2 Å². The molecule has 0 fully saturated rings. The van der Waals surface area contributed by atoms with Gasteiger partial charge in [-0.1, -0.05) is 12.1 Å². The van der Waals surface area contributed by atoms with Gasteiger partial charge >= 0.3 is 12.3 Å². The fourth-order valence-electron chi connectivity index (χ4n) is 1.51. The number of fused-ring (bicyclic) bond motifs is 1. The highest BCUT2D eigenvalue weighted by Crippen LogP contribution is 2.29. The van der Waals surface area contributed by atoms with E-state index in [4.69, 9.17) is 0 Å². The van der Waals surface area contributed by atoms with E-state index in [0.29, 0.717) is 0 Å². The Hall–Kier alpha value is -2.05. The van der Waals surface area contributed by atoms with Gasteiger partial charge in [0, 0.05) is 0 Å². The number of carbonyl (C=O) groups is 1. The summed E-state index contributed by atoms with van der Waals surface area (Å²) in [6.45, 7) is 0. The molecule has 0 bridgehead atoms. The highest BCUT2D eigenvalue weighted by molar-refractivity contribution is 5.91. The van der Waals surface area contributed by atoms with Gasteiger partial charge in [0.15, 0.2) is 0 Å². The number of methoxy groups -OCH3 is 1. The van der Waals surface area contributed by atoms with Crippen molar-refractivity contribution in [3.05, 3.63) is 30.1 Å². The van der Waals surface area contributed by atoms with Crippen LogP contribution in [0.5, 0.6) is 0 Å². The molecule has 0 unspecified atom stereocenters. The van der Waals surface area contributed by atoms with Crippen molar-refractivity contribution < 1.29 is 22.7 Å². The molecule has 0 N–H and O–H groups in total. The fraction of sp³-hybridized carbons (Fsp3) is 0.200. The number of ether oxygens (including phenoxy) is 1. The molecular formula is C10H7F3N2O2. The van der Waals surface area contributed by atoms with Gasteiger partial charge in [0.25, 0.3) is 0 Å². The molecule has 0 saturated carbocycles. The summed E-state index contributed by atoms with van der Waals surface area (Å²) in [6, 6.07) is 5.61. The number of benzene rings is 1. The number of para-hydroxylation sites is 2. The molecule has 17 heavy (non-hydrogen) atoms. The molecule has 0 aliphatic heterocycles. The van der Waals surface area contributed by atoms with E-state index >= 15 is 0 Å². The lowest BCUT2D eigenvalue weighted by Crippen LogP contribution is -2.22. The number of alkyl halides is 3. The molecule has 0 amide bonds. The van der Waals surface area contributed by atoms with E-state index in [1.807, 2.05) is 0 Å². The first-order valence-electron chi connectivity index (χ1n) is 4.58. The van der Waals surface area contributed by atoms with Crippen molar-refractivity contribution in [2.45, 2.75) is 6.30 Å². The summed E-state index contributed by atoms with van der Waals surface area (Å²) in [7, 11) is 1.00. The van der Waals surface area contributed by atoms with Crippen molar-refractivity contribution in [2.24, 2.45) is 0 Å². The Morgan fingerprint density at radius 1 is 1.35 bits per heavy atom. The lowest BCUT2D eigenvalue weighted by atomic mass is 10.3. The maximum absolute atomic E-state index is 12.8. The van der Waals surface area contributed by atoms with Crippen molar-refractivity contribution in [2.75, 3.05) is 7.11 Å². The Morgan fingerprint density at radius 2 is 2.00 bits per heavy atom. The lowest BCUT2D eigenvalue weighted by molar-refractivity contribution is -0.202. The van der Waals surface area contributed by atoms with Crippen molar-refractivity contribution in [3.63, 3.8) is 0 Å². The minimum Gasteiger partial charge on any atom is -0.463 e. The van der Waals surface area contributed by atoms with E-state index < -0.39 is 18.1 Å². The van der Waals surface area contributed by atoms with Crippen molar-refractivity contribution in [1.82, 2.24) is 9.55 Å². The summed E-state index contributed by atoms with van der Waals surface area (Å²) in [5.74, 6) is -1.90. The van der Waals surface area contributed by atoms with E-state index in [9.17, 15) is 18.0 Å². The van der Waals surface area contributed by atoms with E-state index in [1.165, 1.54) is 24.3 Å². The summed E-state index contributed by atoms with van der Waals surface area (Å²) in [4.78, 5) is 14.9. The summed E-state index contributed by atoms with van der Waals surface area (Å²) in [6.07, 6.45) is -4.72. The van der Waals surface area contributed by atoms with Crippen LogP contribution in [0.1, 0.15) is 10.6 Å². The minimum absolute atomic E-state index is 0.0882. The fourth-order valence-corrected chi connectivity index (χ4v) is 1.51. The van der Waals surface area contributed by atoms with E-state index in [0.717, 1.165) is 7.11 Å². The number of hydrogen-bond donors (Lipinski definition) is 0. The molecule has 1 heterocycles. The molecule has 1 aromatic heterocycles. The van der Waals surface area contributed by atoms with Crippen molar-refractivity contribution >= 4 is 17.0 Å². The average Bonchev–Trinajstić information content (AvgIpc) is 2.66. The molecule has 7 heteroatoms. The summed E-state index contributed by atoms with van der Waals surface area (Å²) >= 11 is 0. The van der Waals surface area contributed by atoms with Gasteiger partial charge in [-0.3, -0.25) is 0 Å². The third-order valence-electron chi connectivity index (χ3n) is 2.18. The van der Waals surface area contributed by atoms with Gasteiger partial charge < -0.3 is 4.74 Å². The van der Waals surface area contributed by atoms with Crippen LogP contribution in [0.2, 0.25) is 0 Å². The maximum atomic E-state index is 12.8. The molecule has 1 aromatic carbocycles. The molecular weight excluding hydrogens is 237 g/mol. The standard InChI is InChI=1S/C10H7F3N2O2/c1-17-9(16)8-14-6-4-2-3-5-7(6)15(8)10(11,12)13/h2-5H,1H3. The van der Waals surface area contributed by atoms with Crippen LogP contribution >= 0.6 is 0 Å². The minimum atomic E-state index is -4.72. The molecule has 2 aromatic rings. The Labute approximate surface area is 93.6 Å². The molecule has 0 radical (unpaired) electrons. The monoisotopic (exact) mass is 244 g/mol. The number of esters is 1. The topological polar surface area (TPSA) is 44.1 Å². The summed E-state index contributed by atoms with van der Waals surface area (Å²) < 4.78 is 42.7. The lowest BCUT2D eigenvalue weighted by Gasteiger charge is -2.10. The second-order valence-corrected chi connectivity index (χ2v) is 3.22. The molecule has 0 saturated heterocycles. The van der Waals surface area contributed by atoms with Crippen LogP contribution < -0.4 is 0 Å². The Bertz CT molecular complexity index is 574. The van der Waals surface area contributed by atoms with E-state index in [1.54, 1.807) is 0 Å². The number of rotatable bonds is 1. The van der Waals surface area contributed by atoms with E-state index in [-0.39, 0.29) is 15.6 Å². The molecule has 0 spiro atoms. The summed E-state index contributed by atoms with van der Waals surface area (Å²) in [5, 5.41) is 0. The van der Waals surface area contributed by atoms with Crippen LogP contribution in [-0.4, -0.2) is 22.6 Å². The third kappa shape index (κ3) is 1.83. The number of nitrogens with zero attached hydrogens (tertiary/aromatic N) is 2. The van der Waals surface area contributed by atoms with Gasteiger partial charge in [0.2, 0.25) is 5.82 Å². The Balaban J connectivity index is 2.79. The molecule has 0 aliphatic rings. The zero-order chi connectivity index (χ0) is 12.6. The predicted octanol–water partition coefficient (Wildman–Crippen LogP) is 2.30. The van der Waals surface area contributed by atoms with Crippen LogP contribution in [0.25, 0.3) is 11.0 Å². The van der Waals surface area contributed by atoms with Crippen LogP contribution in [0.15, 0.2) is 24.3 Å². The molecule has 90 valence electrons. The van der Waals surface area contributed by atoms with Crippen LogP contribution in [0, 0.1) is 0 Å². The van der Waals surface area contributed by atoms with E-state index in [2.05, 4.69) is 9.72 Å². The molecule has 2 rings (SSSR count). The Kier molecular flexibility index (Phi) is 2.53.